The van der Waals surface area contributed by atoms with Gasteiger partial charge in [-0.3, -0.25) is 0 Å². The number of benzene rings is 1. The van der Waals surface area contributed by atoms with E-state index in [1.807, 2.05) is 4.90 Å². The zero-order valence-electron chi connectivity index (χ0n) is 16.5. The number of guanidine groups is 1. The monoisotopic (exact) mass is 370 g/mol. The minimum atomic E-state index is 0.145. The maximum atomic E-state index is 6.13. The third kappa shape index (κ3) is 5.10. The number of rotatable bonds is 6. The van der Waals surface area contributed by atoms with E-state index in [-0.39, 0.29) is 5.92 Å². The molecule has 1 aliphatic rings. The maximum absolute atomic E-state index is 6.13. The fourth-order valence-corrected chi connectivity index (χ4v) is 3.37. The van der Waals surface area contributed by atoms with Gasteiger partial charge in [0.05, 0.1) is 25.5 Å². The smallest absolute Gasteiger partial charge is 0.191 e. The zero-order chi connectivity index (χ0) is 19.2. The van der Waals surface area contributed by atoms with Gasteiger partial charge in [0.1, 0.15) is 6.26 Å². The van der Waals surface area contributed by atoms with Crippen LogP contribution in [0.2, 0.25) is 0 Å². The van der Waals surface area contributed by atoms with Crippen molar-refractivity contribution in [1.82, 2.24) is 10.1 Å². The van der Waals surface area contributed by atoms with Crippen LogP contribution in [0.15, 0.2) is 40.0 Å². The molecule has 0 bridgehead atoms. The first-order chi connectivity index (χ1) is 13.0. The number of hydrogen-bond donors (Lipinski definition) is 1. The molecule has 6 nitrogen and oxygen atoms in total. The molecule has 1 unspecified atom stereocenters. The predicted molar refractivity (Wildman–Crippen MR) is 107 cm³/mol. The van der Waals surface area contributed by atoms with Crippen LogP contribution in [0.4, 0.5) is 0 Å². The average molecular weight is 370 g/mol. The second-order valence-electron chi connectivity index (χ2n) is 7.56. The van der Waals surface area contributed by atoms with Crippen molar-refractivity contribution in [2.24, 2.45) is 16.6 Å². The summed E-state index contributed by atoms with van der Waals surface area (Å²) < 4.78 is 10.6. The lowest BCUT2D eigenvalue weighted by Crippen LogP contribution is -2.44. The van der Waals surface area contributed by atoms with E-state index in [0.717, 1.165) is 30.8 Å². The fraction of sp³-hybridized carbons (Fsp3) is 0.524. The van der Waals surface area contributed by atoms with E-state index < -0.39 is 0 Å². The number of hydrogen-bond acceptors (Lipinski definition) is 4. The van der Waals surface area contributed by atoms with Gasteiger partial charge in [0.25, 0.3) is 0 Å². The van der Waals surface area contributed by atoms with Gasteiger partial charge in [-0.15, -0.1) is 0 Å². The van der Waals surface area contributed by atoms with E-state index in [4.69, 9.17) is 15.0 Å². The van der Waals surface area contributed by atoms with Crippen molar-refractivity contribution >= 4 is 5.96 Å². The van der Waals surface area contributed by atoms with Crippen LogP contribution >= 0.6 is 0 Å². The number of aliphatic imine (C=N–C) groups is 1. The summed E-state index contributed by atoms with van der Waals surface area (Å²) in [6.07, 6.45) is 2.77. The van der Waals surface area contributed by atoms with Crippen molar-refractivity contribution in [3.05, 3.63) is 52.9 Å². The normalized spacial score (nSPS) is 16.7. The molecule has 0 spiro atoms. The second kappa shape index (κ2) is 9.04. The molecule has 1 aromatic carbocycles. The quantitative estimate of drug-likeness (QED) is 0.624. The first kappa shape index (κ1) is 19.4. The van der Waals surface area contributed by atoms with Crippen LogP contribution in [0.5, 0.6) is 0 Å². The highest BCUT2D eigenvalue weighted by Crippen LogP contribution is 2.27. The van der Waals surface area contributed by atoms with E-state index >= 15 is 0 Å². The highest BCUT2D eigenvalue weighted by Gasteiger charge is 2.18. The largest absolute Gasteiger partial charge is 0.378 e. The van der Waals surface area contributed by atoms with Gasteiger partial charge in [0, 0.05) is 24.6 Å². The summed E-state index contributed by atoms with van der Waals surface area (Å²) >= 11 is 0. The van der Waals surface area contributed by atoms with Crippen molar-refractivity contribution < 1.29 is 9.26 Å². The first-order valence-corrected chi connectivity index (χ1v) is 9.69. The molecule has 1 atom stereocenters. The first-order valence-electron chi connectivity index (χ1n) is 9.69. The molecule has 6 heteroatoms. The van der Waals surface area contributed by atoms with Crippen LogP contribution in [0, 0.1) is 5.92 Å². The van der Waals surface area contributed by atoms with Gasteiger partial charge in [0.2, 0.25) is 0 Å². The lowest BCUT2D eigenvalue weighted by molar-refractivity contribution is 0.0674. The van der Waals surface area contributed by atoms with Gasteiger partial charge in [-0.1, -0.05) is 50.2 Å². The number of morpholine rings is 1. The summed E-state index contributed by atoms with van der Waals surface area (Å²) in [5.74, 6) is 1.35. The van der Waals surface area contributed by atoms with Crippen molar-refractivity contribution in [3.8, 4) is 0 Å². The van der Waals surface area contributed by atoms with Crippen LogP contribution < -0.4 is 5.73 Å². The Balaban J connectivity index is 1.68. The Labute approximate surface area is 161 Å². The average Bonchev–Trinajstić information content (AvgIpc) is 3.15. The fourth-order valence-electron chi connectivity index (χ4n) is 3.37. The number of nitrogens with two attached hydrogens (primary N) is 1. The summed E-state index contributed by atoms with van der Waals surface area (Å²) in [7, 11) is 0. The Morgan fingerprint density at radius 3 is 2.56 bits per heavy atom. The minimum absolute atomic E-state index is 0.145. The van der Waals surface area contributed by atoms with Crippen molar-refractivity contribution in [3.63, 3.8) is 0 Å². The van der Waals surface area contributed by atoms with Gasteiger partial charge in [-0.2, -0.15) is 0 Å². The van der Waals surface area contributed by atoms with E-state index in [9.17, 15) is 0 Å². The molecule has 0 saturated carbocycles. The van der Waals surface area contributed by atoms with Crippen molar-refractivity contribution in [2.75, 3.05) is 26.3 Å². The van der Waals surface area contributed by atoms with Gasteiger partial charge < -0.3 is 19.9 Å². The molecule has 1 aromatic heterocycles. The summed E-state index contributed by atoms with van der Waals surface area (Å²) in [6, 6.07) is 8.79. The van der Waals surface area contributed by atoms with E-state index in [1.165, 1.54) is 11.1 Å². The summed E-state index contributed by atoms with van der Waals surface area (Å²) in [6.45, 7) is 10.0. The SMILES string of the molecule is CC(C)Cc1ccc(C(C)c2nocc2CN=C(N)N2CCOCC2)cc1. The topological polar surface area (TPSA) is 76.9 Å². The third-order valence-corrected chi connectivity index (χ3v) is 4.96. The molecule has 0 amide bonds. The molecule has 2 aromatic rings. The zero-order valence-corrected chi connectivity index (χ0v) is 16.5. The van der Waals surface area contributed by atoms with Crippen molar-refractivity contribution in [1.29, 1.82) is 0 Å². The summed E-state index contributed by atoms with van der Waals surface area (Å²) in [5, 5.41) is 4.24. The molecule has 2 heterocycles. The van der Waals surface area contributed by atoms with E-state index in [2.05, 4.69) is 55.2 Å². The van der Waals surface area contributed by atoms with Gasteiger partial charge in [-0.05, 0) is 23.5 Å². The summed E-state index contributed by atoms with van der Waals surface area (Å²) in [4.78, 5) is 6.59. The molecule has 0 aliphatic carbocycles. The van der Waals surface area contributed by atoms with Gasteiger partial charge >= 0.3 is 0 Å². The molecule has 1 fully saturated rings. The van der Waals surface area contributed by atoms with Crippen LogP contribution in [0.3, 0.4) is 0 Å². The maximum Gasteiger partial charge on any atom is 0.191 e. The molecular weight excluding hydrogens is 340 g/mol. The third-order valence-electron chi connectivity index (χ3n) is 4.96. The van der Waals surface area contributed by atoms with Crippen LogP contribution in [0.1, 0.15) is 49.1 Å². The Bertz CT molecular complexity index is 746. The van der Waals surface area contributed by atoms with Crippen molar-refractivity contribution in [2.45, 2.75) is 39.7 Å². The number of nitrogens with zero attached hydrogens (tertiary/aromatic N) is 3. The second-order valence-corrected chi connectivity index (χ2v) is 7.56. The van der Waals surface area contributed by atoms with E-state index in [0.29, 0.717) is 31.6 Å². The Morgan fingerprint density at radius 1 is 1.19 bits per heavy atom. The Morgan fingerprint density at radius 2 is 1.89 bits per heavy atom. The summed E-state index contributed by atoms with van der Waals surface area (Å²) in [5.41, 5.74) is 10.6. The van der Waals surface area contributed by atoms with Gasteiger partial charge in [-0.25, -0.2) is 4.99 Å². The highest BCUT2D eigenvalue weighted by molar-refractivity contribution is 5.78. The lowest BCUT2D eigenvalue weighted by Gasteiger charge is -2.27. The lowest BCUT2D eigenvalue weighted by atomic mass is 9.93. The number of ether oxygens (including phenoxy) is 1. The van der Waals surface area contributed by atoms with Crippen LogP contribution in [-0.2, 0) is 17.7 Å². The molecule has 0 radical (unpaired) electrons. The molecule has 146 valence electrons. The Kier molecular flexibility index (Phi) is 6.50. The highest BCUT2D eigenvalue weighted by atomic mass is 16.5. The molecule has 3 rings (SSSR count). The Hall–Kier alpha value is -2.34. The standard InChI is InChI=1S/C21H30N4O2/c1-15(2)12-17-4-6-18(7-5-17)16(3)20-19(14-27-24-20)13-23-21(22)25-8-10-26-11-9-25/h4-7,14-16H,8-13H2,1-3H3,(H2,22,23). The minimum Gasteiger partial charge on any atom is -0.378 e. The van der Waals surface area contributed by atoms with Crippen LogP contribution in [0.25, 0.3) is 0 Å². The van der Waals surface area contributed by atoms with Gasteiger partial charge in [0.15, 0.2) is 5.96 Å². The molecular formula is C21H30N4O2. The van der Waals surface area contributed by atoms with Crippen LogP contribution in [-0.4, -0.2) is 42.3 Å². The molecule has 1 saturated heterocycles. The number of aromatic nitrogens is 1. The van der Waals surface area contributed by atoms with E-state index in [1.54, 1.807) is 6.26 Å². The molecule has 2 N–H and O–H groups in total. The predicted octanol–water partition coefficient (Wildman–Crippen LogP) is 3.17. The molecule has 1 aliphatic heterocycles. The molecule has 27 heavy (non-hydrogen) atoms.